The Morgan fingerprint density at radius 2 is 1.22 bits per heavy atom. The molecule has 0 unspecified atom stereocenters. The topological polar surface area (TPSA) is 74.7 Å². The van der Waals surface area contributed by atoms with Gasteiger partial charge < -0.3 is 9.88 Å². The highest BCUT2D eigenvalue weighted by molar-refractivity contribution is 7.81. The number of rotatable bonds is 6. The molecule has 1 aliphatic rings. The van der Waals surface area contributed by atoms with E-state index in [1.54, 1.807) is 36.5 Å². The molecule has 7 nitrogen and oxygen atoms in total. The van der Waals surface area contributed by atoms with Gasteiger partial charge in [0.15, 0.2) is 5.11 Å². The van der Waals surface area contributed by atoms with Gasteiger partial charge in [-0.15, -0.1) is 0 Å². The summed E-state index contributed by atoms with van der Waals surface area (Å²) in [6.45, 7) is 0.0524. The smallest absolute Gasteiger partial charge is 0.270 e. The van der Waals surface area contributed by atoms with Crippen molar-refractivity contribution in [1.82, 2.24) is 4.57 Å². The Bertz CT molecular complexity index is 1750. The number of hydrogen-bond donors (Lipinski definition) is 1. The van der Waals surface area contributed by atoms with Crippen molar-refractivity contribution in [2.75, 3.05) is 15.1 Å². The normalized spacial score (nSPS) is 13.6. The Balaban J connectivity index is 1.42. The lowest BCUT2D eigenvalue weighted by molar-refractivity contribution is -0.121. The Morgan fingerprint density at radius 1 is 0.707 bits per heavy atom. The summed E-state index contributed by atoms with van der Waals surface area (Å²) in [4.78, 5) is 43.4. The van der Waals surface area contributed by atoms with Crippen LogP contribution in [0.15, 0.2) is 127 Å². The molecule has 0 spiro atoms. The number of carbonyl (C=O) groups is 3. The summed E-state index contributed by atoms with van der Waals surface area (Å²) in [7, 11) is 0. The van der Waals surface area contributed by atoms with Gasteiger partial charge in [0.25, 0.3) is 11.8 Å². The average Bonchev–Trinajstić information content (AvgIpc) is 3.33. The Hall–Kier alpha value is -5.34. The fourth-order valence-electron chi connectivity index (χ4n) is 4.89. The van der Waals surface area contributed by atoms with Crippen molar-refractivity contribution in [1.29, 1.82) is 0 Å². The number of hydrogen-bond acceptors (Lipinski definition) is 4. The zero-order valence-electron chi connectivity index (χ0n) is 21.8. The number of amides is 3. The molecule has 1 aliphatic heterocycles. The summed E-state index contributed by atoms with van der Waals surface area (Å²) < 4.78 is 1.81. The summed E-state index contributed by atoms with van der Waals surface area (Å²) >= 11 is 5.70. The quantitative estimate of drug-likeness (QED) is 0.158. The molecule has 1 fully saturated rings. The molecule has 0 aliphatic carbocycles. The number of thiocarbonyl (C=S) groups is 1. The van der Waals surface area contributed by atoms with E-state index in [1.807, 2.05) is 95.6 Å². The highest BCUT2D eigenvalue weighted by Gasteiger charge is 2.41. The molecule has 1 saturated heterocycles. The number of aromatic nitrogens is 1. The number of nitrogens with one attached hydrogen (secondary N) is 1. The first-order chi connectivity index (χ1) is 20.0. The lowest BCUT2D eigenvalue weighted by Crippen LogP contribution is -2.56. The van der Waals surface area contributed by atoms with Crippen LogP contribution >= 0.6 is 12.2 Å². The summed E-state index contributed by atoms with van der Waals surface area (Å²) in [6, 6.07) is 34.8. The van der Waals surface area contributed by atoms with Crippen molar-refractivity contribution in [3.63, 3.8) is 0 Å². The van der Waals surface area contributed by atoms with E-state index in [4.69, 9.17) is 12.2 Å². The first kappa shape index (κ1) is 25.9. The van der Waals surface area contributed by atoms with Crippen LogP contribution < -0.4 is 15.1 Å². The van der Waals surface area contributed by atoms with Gasteiger partial charge >= 0.3 is 0 Å². The summed E-state index contributed by atoms with van der Waals surface area (Å²) in [5, 5.41) is 3.78. The molecule has 2 heterocycles. The molecule has 6 rings (SSSR count). The van der Waals surface area contributed by atoms with Gasteiger partial charge in [-0.3, -0.25) is 24.2 Å². The van der Waals surface area contributed by atoms with E-state index in [0.29, 0.717) is 22.6 Å². The fraction of sp³-hybridized carbons (Fsp3) is 0.0303. The van der Waals surface area contributed by atoms with Gasteiger partial charge in [0.2, 0.25) is 5.91 Å². The van der Waals surface area contributed by atoms with Gasteiger partial charge in [-0.2, -0.15) is 0 Å². The van der Waals surface area contributed by atoms with Crippen LogP contribution in [0.3, 0.4) is 0 Å². The van der Waals surface area contributed by atoms with E-state index in [2.05, 4.69) is 5.32 Å². The molecule has 200 valence electrons. The molecule has 1 aromatic heterocycles. The molecule has 1 N–H and O–H groups in total. The lowest BCUT2D eigenvalue weighted by Gasteiger charge is -2.36. The van der Waals surface area contributed by atoms with Crippen LogP contribution in [-0.4, -0.2) is 27.4 Å². The van der Waals surface area contributed by atoms with Crippen LogP contribution in [0.4, 0.5) is 17.1 Å². The lowest BCUT2D eigenvalue weighted by atomic mass is 10.0. The monoisotopic (exact) mass is 556 g/mol. The predicted molar refractivity (Wildman–Crippen MR) is 165 cm³/mol. The van der Waals surface area contributed by atoms with E-state index in [0.717, 1.165) is 10.9 Å². The molecular weight excluding hydrogens is 532 g/mol. The molecular formula is C33H24N4O3S. The zero-order chi connectivity index (χ0) is 28.3. The van der Waals surface area contributed by atoms with Crippen LogP contribution in [0.1, 0.15) is 5.56 Å². The summed E-state index contributed by atoms with van der Waals surface area (Å²) in [5.74, 6) is -1.23. The highest BCUT2D eigenvalue weighted by Crippen LogP contribution is 2.31. The second-order valence-corrected chi connectivity index (χ2v) is 9.80. The number of fused-ring (bicyclic) bond motifs is 1. The minimum Gasteiger partial charge on any atom is -0.337 e. The van der Waals surface area contributed by atoms with Gasteiger partial charge in [-0.25, -0.2) is 0 Å². The van der Waals surface area contributed by atoms with E-state index in [9.17, 15) is 14.4 Å². The van der Waals surface area contributed by atoms with Gasteiger partial charge in [-0.1, -0.05) is 72.8 Å². The number of nitrogens with zero attached hydrogens (tertiary/aromatic N) is 3. The number of anilines is 3. The molecule has 0 bridgehead atoms. The van der Waals surface area contributed by atoms with Crippen molar-refractivity contribution in [3.8, 4) is 0 Å². The van der Waals surface area contributed by atoms with Gasteiger partial charge in [0.05, 0.1) is 11.4 Å². The minimum atomic E-state index is -0.517. The number of benzene rings is 4. The van der Waals surface area contributed by atoms with Crippen molar-refractivity contribution in [2.45, 2.75) is 6.54 Å². The summed E-state index contributed by atoms with van der Waals surface area (Å²) in [5.41, 5.74) is 3.21. The number of para-hydroxylation sites is 4. The third-order valence-electron chi connectivity index (χ3n) is 6.77. The van der Waals surface area contributed by atoms with E-state index in [1.165, 1.54) is 9.80 Å². The average molecular weight is 557 g/mol. The molecule has 0 radical (unpaired) electrons. The van der Waals surface area contributed by atoms with Crippen molar-refractivity contribution >= 4 is 69.1 Å². The molecule has 3 amide bonds. The minimum absolute atomic E-state index is 0.0389. The van der Waals surface area contributed by atoms with Crippen LogP contribution in [0.25, 0.3) is 17.0 Å². The van der Waals surface area contributed by atoms with Gasteiger partial charge in [0.1, 0.15) is 12.1 Å². The SMILES string of the molecule is O=C(Cn1cc(C=C2C(=O)N(c3ccccc3)C(=S)N(c3ccccc3)C2=O)c2ccccc21)Nc1ccccc1. The number of carbonyl (C=O) groups excluding carboxylic acids is 3. The fourth-order valence-corrected chi connectivity index (χ4v) is 5.27. The van der Waals surface area contributed by atoms with E-state index < -0.39 is 11.8 Å². The van der Waals surface area contributed by atoms with Crippen molar-refractivity contribution in [3.05, 3.63) is 133 Å². The maximum atomic E-state index is 13.9. The largest absolute Gasteiger partial charge is 0.337 e. The standard InChI is InChI=1S/C33H24N4O3S/c38-30(34-24-12-4-1-5-13-24)22-35-21-23(27-18-10-11-19-29(27)35)20-28-31(39)36(25-14-6-2-7-15-25)33(41)37(32(28)40)26-16-8-3-9-17-26/h1-21H,22H2,(H,34,38). The molecule has 4 aromatic carbocycles. The first-order valence-corrected chi connectivity index (χ1v) is 13.4. The van der Waals surface area contributed by atoms with Gasteiger partial charge in [0, 0.05) is 28.4 Å². The maximum Gasteiger partial charge on any atom is 0.270 e. The Morgan fingerprint density at radius 3 is 1.80 bits per heavy atom. The molecule has 0 atom stereocenters. The Labute approximate surface area is 241 Å². The predicted octanol–water partition coefficient (Wildman–Crippen LogP) is 6.03. The van der Waals surface area contributed by atoms with Gasteiger partial charge in [-0.05, 0) is 60.8 Å². The third-order valence-corrected chi connectivity index (χ3v) is 7.13. The second-order valence-electron chi connectivity index (χ2n) is 9.44. The van der Waals surface area contributed by atoms with Crippen molar-refractivity contribution in [2.24, 2.45) is 0 Å². The van der Waals surface area contributed by atoms with Crippen molar-refractivity contribution < 1.29 is 14.4 Å². The van der Waals surface area contributed by atoms with E-state index in [-0.39, 0.29) is 23.1 Å². The van der Waals surface area contributed by atoms with Crippen LogP contribution in [0, 0.1) is 0 Å². The van der Waals surface area contributed by atoms with Crippen LogP contribution in [-0.2, 0) is 20.9 Å². The van der Waals surface area contributed by atoms with Crippen LogP contribution in [0.2, 0.25) is 0 Å². The summed E-state index contributed by atoms with van der Waals surface area (Å²) in [6.07, 6.45) is 3.38. The molecule has 0 saturated carbocycles. The Kier molecular flexibility index (Phi) is 6.97. The maximum absolute atomic E-state index is 13.9. The molecule has 8 heteroatoms. The second kappa shape index (κ2) is 11.0. The highest BCUT2D eigenvalue weighted by atomic mass is 32.1. The van der Waals surface area contributed by atoms with Crippen LogP contribution in [0.5, 0.6) is 0 Å². The first-order valence-electron chi connectivity index (χ1n) is 13.0. The van der Waals surface area contributed by atoms with E-state index >= 15 is 0 Å². The molecule has 41 heavy (non-hydrogen) atoms. The molecule has 5 aromatic rings. The third kappa shape index (κ3) is 5.04. The zero-order valence-corrected chi connectivity index (χ0v) is 22.6.